The van der Waals surface area contributed by atoms with Crippen LogP contribution in [0.25, 0.3) is 0 Å². The lowest BCUT2D eigenvalue weighted by atomic mass is 10.1. The molecule has 1 fully saturated rings. The number of benzene rings is 1. The van der Waals surface area contributed by atoms with Crippen LogP contribution in [0.1, 0.15) is 37.7 Å². The first-order chi connectivity index (χ1) is 12.5. The molecular weight excluding hydrogens is 334 g/mol. The molecule has 0 aliphatic carbocycles. The normalized spacial score (nSPS) is 14.7. The molecule has 2 N–H and O–H groups in total. The van der Waals surface area contributed by atoms with E-state index in [9.17, 15) is 14.4 Å². The second-order valence-electron chi connectivity index (χ2n) is 6.50. The molecular formula is C19H27N3O4. The number of carbonyl (C=O) groups is 3. The Hall–Kier alpha value is -2.41. The third-order valence-electron chi connectivity index (χ3n) is 4.34. The van der Waals surface area contributed by atoms with E-state index in [-0.39, 0.29) is 30.7 Å². The first-order valence-corrected chi connectivity index (χ1v) is 8.96. The zero-order valence-corrected chi connectivity index (χ0v) is 15.5. The van der Waals surface area contributed by atoms with Crippen LogP contribution in [0.5, 0.6) is 0 Å². The minimum absolute atomic E-state index is 0.00680. The van der Waals surface area contributed by atoms with E-state index in [0.29, 0.717) is 24.3 Å². The molecule has 0 aromatic heterocycles. The Kier molecular flexibility index (Phi) is 7.59. The van der Waals surface area contributed by atoms with E-state index in [0.717, 1.165) is 31.4 Å². The summed E-state index contributed by atoms with van der Waals surface area (Å²) in [5, 5.41) is 5.59. The number of hydrogen-bond donors (Lipinski definition) is 2. The Bertz CT molecular complexity index is 660. The van der Waals surface area contributed by atoms with E-state index >= 15 is 0 Å². The van der Waals surface area contributed by atoms with Crippen molar-refractivity contribution in [2.45, 2.75) is 39.0 Å². The van der Waals surface area contributed by atoms with Gasteiger partial charge in [-0.25, -0.2) is 0 Å². The lowest BCUT2D eigenvalue weighted by Gasteiger charge is -2.20. The molecule has 1 aliphatic heterocycles. The molecule has 0 bridgehead atoms. The fraction of sp³-hybridized carbons (Fsp3) is 0.526. The summed E-state index contributed by atoms with van der Waals surface area (Å²) in [4.78, 5) is 37.5. The zero-order chi connectivity index (χ0) is 18.9. The summed E-state index contributed by atoms with van der Waals surface area (Å²) < 4.78 is 4.79. The molecule has 2 rings (SSSR count). The van der Waals surface area contributed by atoms with Gasteiger partial charge in [-0.2, -0.15) is 0 Å². The van der Waals surface area contributed by atoms with Crippen molar-refractivity contribution >= 4 is 29.1 Å². The van der Waals surface area contributed by atoms with Crippen LogP contribution in [0.2, 0.25) is 0 Å². The molecule has 1 saturated heterocycles. The van der Waals surface area contributed by atoms with Crippen LogP contribution < -0.4 is 10.6 Å². The van der Waals surface area contributed by atoms with Gasteiger partial charge in [-0.05, 0) is 43.5 Å². The number of methoxy groups -OCH3 is 1. The van der Waals surface area contributed by atoms with E-state index in [1.165, 1.54) is 7.11 Å². The molecule has 0 radical (unpaired) electrons. The van der Waals surface area contributed by atoms with E-state index in [1.54, 1.807) is 23.1 Å². The summed E-state index contributed by atoms with van der Waals surface area (Å²) in [7, 11) is 1.46. The monoisotopic (exact) mass is 361 g/mol. The van der Waals surface area contributed by atoms with Crippen LogP contribution in [-0.2, 0) is 19.1 Å². The fourth-order valence-electron chi connectivity index (χ4n) is 2.93. The largest absolute Gasteiger partial charge is 0.375 e. The second kappa shape index (κ2) is 9.91. The summed E-state index contributed by atoms with van der Waals surface area (Å²) in [5.74, 6) is -0.214. The number of hydrogen-bond acceptors (Lipinski definition) is 4. The molecule has 1 aromatic carbocycles. The van der Waals surface area contributed by atoms with Crippen molar-refractivity contribution in [3.05, 3.63) is 23.8 Å². The van der Waals surface area contributed by atoms with Crippen LogP contribution in [-0.4, -0.2) is 49.4 Å². The number of amides is 3. The summed E-state index contributed by atoms with van der Waals surface area (Å²) >= 11 is 0. The van der Waals surface area contributed by atoms with Crippen molar-refractivity contribution in [2.75, 3.05) is 37.4 Å². The number of nitrogens with one attached hydrogen (secondary N) is 2. The summed E-state index contributed by atoms with van der Waals surface area (Å²) in [6.07, 6.45) is 3.87. The SMILES string of the molecule is COCC(=O)Nc1ccc(NC(=O)CCN2CCCCCC2=O)cc1C. The molecule has 142 valence electrons. The van der Waals surface area contributed by atoms with E-state index < -0.39 is 0 Å². The van der Waals surface area contributed by atoms with Crippen molar-refractivity contribution in [3.63, 3.8) is 0 Å². The van der Waals surface area contributed by atoms with Crippen molar-refractivity contribution in [1.29, 1.82) is 0 Å². The molecule has 7 heteroatoms. The van der Waals surface area contributed by atoms with Gasteiger partial charge in [-0.15, -0.1) is 0 Å². The molecule has 1 aliphatic rings. The zero-order valence-electron chi connectivity index (χ0n) is 15.5. The van der Waals surface area contributed by atoms with Gasteiger partial charge in [0.25, 0.3) is 0 Å². The summed E-state index contributed by atoms with van der Waals surface area (Å²) in [6, 6.07) is 5.29. The maximum absolute atomic E-state index is 12.2. The molecule has 3 amide bonds. The molecule has 0 spiro atoms. The fourth-order valence-corrected chi connectivity index (χ4v) is 2.93. The summed E-state index contributed by atoms with van der Waals surface area (Å²) in [5.41, 5.74) is 2.19. The van der Waals surface area contributed by atoms with Crippen LogP contribution in [0, 0.1) is 6.92 Å². The van der Waals surface area contributed by atoms with E-state index in [2.05, 4.69) is 10.6 Å². The predicted molar refractivity (Wildman–Crippen MR) is 100.0 cm³/mol. The second-order valence-corrected chi connectivity index (χ2v) is 6.50. The van der Waals surface area contributed by atoms with Gasteiger partial charge in [0.15, 0.2) is 0 Å². The van der Waals surface area contributed by atoms with Gasteiger partial charge in [-0.1, -0.05) is 6.42 Å². The molecule has 0 unspecified atom stereocenters. The first kappa shape index (κ1) is 19.9. The van der Waals surface area contributed by atoms with Crippen molar-refractivity contribution in [1.82, 2.24) is 4.90 Å². The number of ether oxygens (including phenoxy) is 1. The topological polar surface area (TPSA) is 87.7 Å². The quantitative estimate of drug-likeness (QED) is 0.780. The van der Waals surface area contributed by atoms with Crippen molar-refractivity contribution < 1.29 is 19.1 Å². The van der Waals surface area contributed by atoms with Crippen LogP contribution in [0.4, 0.5) is 11.4 Å². The minimum atomic E-state index is -0.227. The smallest absolute Gasteiger partial charge is 0.250 e. The van der Waals surface area contributed by atoms with Crippen molar-refractivity contribution in [3.8, 4) is 0 Å². The predicted octanol–water partition coefficient (Wildman–Crippen LogP) is 2.31. The van der Waals surface area contributed by atoms with Gasteiger partial charge in [0, 0.05) is 44.4 Å². The third-order valence-corrected chi connectivity index (χ3v) is 4.34. The number of anilines is 2. The maximum Gasteiger partial charge on any atom is 0.250 e. The van der Waals surface area contributed by atoms with Gasteiger partial charge < -0.3 is 20.3 Å². The van der Waals surface area contributed by atoms with Crippen LogP contribution in [0.15, 0.2) is 18.2 Å². The average molecular weight is 361 g/mol. The Morgan fingerprint density at radius 2 is 1.96 bits per heavy atom. The number of nitrogens with zero attached hydrogens (tertiary/aromatic N) is 1. The minimum Gasteiger partial charge on any atom is -0.375 e. The molecule has 0 atom stereocenters. The Balaban J connectivity index is 1.85. The molecule has 1 heterocycles. The standard InChI is InChI=1S/C19H27N3O4/c1-14-12-15(7-8-16(14)21-18(24)13-26-2)20-17(23)9-11-22-10-5-3-4-6-19(22)25/h7-8,12H,3-6,9-11,13H2,1-2H3,(H,20,23)(H,21,24). The lowest BCUT2D eigenvalue weighted by Crippen LogP contribution is -2.33. The van der Waals surface area contributed by atoms with Gasteiger partial charge in [-0.3, -0.25) is 14.4 Å². The highest BCUT2D eigenvalue weighted by Gasteiger charge is 2.17. The Morgan fingerprint density at radius 3 is 2.69 bits per heavy atom. The van der Waals surface area contributed by atoms with E-state index in [4.69, 9.17) is 4.74 Å². The molecule has 26 heavy (non-hydrogen) atoms. The van der Waals surface area contributed by atoms with Gasteiger partial charge in [0.1, 0.15) is 6.61 Å². The number of likely N-dealkylation sites (tertiary alicyclic amines) is 1. The van der Waals surface area contributed by atoms with Gasteiger partial charge in [0.05, 0.1) is 0 Å². The number of rotatable bonds is 7. The molecule has 1 aromatic rings. The molecule has 0 saturated carbocycles. The number of carbonyl (C=O) groups excluding carboxylic acids is 3. The Morgan fingerprint density at radius 1 is 1.15 bits per heavy atom. The number of aryl methyl sites for hydroxylation is 1. The molecule has 7 nitrogen and oxygen atoms in total. The van der Waals surface area contributed by atoms with Gasteiger partial charge >= 0.3 is 0 Å². The van der Waals surface area contributed by atoms with E-state index in [1.807, 2.05) is 6.92 Å². The highest BCUT2D eigenvalue weighted by Crippen LogP contribution is 2.20. The maximum atomic E-state index is 12.2. The average Bonchev–Trinajstić information content (AvgIpc) is 2.80. The first-order valence-electron chi connectivity index (χ1n) is 8.96. The summed E-state index contributed by atoms with van der Waals surface area (Å²) in [6.45, 7) is 3.04. The van der Waals surface area contributed by atoms with Gasteiger partial charge in [0.2, 0.25) is 17.7 Å². The Labute approximate surface area is 154 Å². The third kappa shape index (κ3) is 6.15. The van der Waals surface area contributed by atoms with Crippen LogP contribution >= 0.6 is 0 Å². The lowest BCUT2D eigenvalue weighted by molar-refractivity contribution is -0.131. The van der Waals surface area contributed by atoms with Crippen molar-refractivity contribution in [2.24, 2.45) is 0 Å². The highest BCUT2D eigenvalue weighted by atomic mass is 16.5. The highest BCUT2D eigenvalue weighted by molar-refractivity contribution is 5.94. The van der Waals surface area contributed by atoms with Crippen LogP contribution in [0.3, 0.4) is 0 Å².